The van der Waals surface area contributed by atoms with Crippen molar-refractivity contribution in [3.63, 3.8) is 0 Å². The highest BCUT2D eigenvalue weighted by atomic mass is 15.5. The van der Waals surface area contributed by atoms with Crippen LogP contribution < -0.4 is 5.01 Å². The first-order valence-corrected chi connectivity index (χ1v) is 6.10. The van der Waals surface area contributed by atoms with Gasteiger partial charge in [-0.15, -0.1) is 0 Å². The van der Waals surface area contributed by atoms with E-state index < -0.39 is 0 Å². The van der Waals surface area contributed by atoms with Crippen LogP contribution in [0.2, 0.25) is 0 Å². The number of fused-ring (bicyclic) bond motifs is 1. The summed E-state index contributed by atoms with van der Waals surface area (Å²) in [6, 6.07) is 19.2. The van der Waals surface area contributed by atoms with Crippen LogP contribution in [0.25, 0.3) is 22.0 Å². The Morgan fingerprint density at radius 2 is 1.61 bits per heavy atom. The lowest BCUT2D eigenvalue weighted by Gasteiger charge is -2.16. The highest BCUT2D eigenvalue weighted by Crippen LogP contribution is 2.24. The third-order valence-corrected chi connectivity index (χ3v) is 3.21. The van der Waals surface area contributed by atoms with Gasteiger partial charge in [-0.3, -0.25) is 4.68 Å². The highest BCUT2D eigenvalue weighted by Gasteiger charge is 2.04. The second-order valence-corrected chi connectivity index (χ2v) is 4.65. The van der Waals surface area contributed by atoms with Crippen LogP contribution in [0, 0.1) is 0 Å². The molecule has 3 rings (SSSR count). The monoisotopic (exact) mass is 236 g/mol. The van der Waals surface area contributed by atoms with Crippen LogP contribution >= 0.6 is 0 Å². The average Bonchev–Trinajstić information content (AvgIpc) is 2.82. The lowest BCUT2D eigenvalue weighted by molar-refractivity contribution is 0.762. The summed E-state index contributed by atoms with van der Waals surface area (Å²) >= 11 is 0. The molecule has 0 atom stereocenters. The van der Waals surface area contributed by atoms with Crippen LogP contribution in [0.3, 0.4) is 0 Å². The summed E-state index contributed by atoms with van der Waals surface area (Å²) in [5, 5.41) is 3.35. The molecule has 0 unspecified atom stereocenters. The van der Waals surface area contributed by atoms with Gasteiger partial charge in [0.05, 0.1) is 5.52 Å². The molecule has 2 aromatic carbocycles. The van der Waals surface area contributed by atoms with E-state index >= 15 is 0 Å². The molecule has 90 valence electrons. The van der Waals surface area contributed by atoms with Crippen LogP contribution in [-0.4, -0.2) is 18.8 Å². The first kappa shape index (κ1) is 10.9. The van der Waals surface area contributed by atoms with Crippen LogP contribution in [-0.2, 0) is 0 Å². The van der Waals surface area contributed by atoms with Crippen molar-refractivity contribution < 1.29 is 0 Å². The number of hydrogen-bond acceptors (Lipinski definition) is 1. The molecule has 0 aliphatic heterocycles. The summed E-state index contributed by atoms with van der Waals surface area (Å²) in [5.74, 6) is 0. The first-order chi connectivity index (χ1) is 8.75. The highest BCUT2D eigenvalue weighted by molar-refractivity contribution is 5.85. The quantitative estimate of drug-likeness (QED) is 0.661. The fourth-order valence-electron chi connectivity index (χ4n) is 2.27. The zero-order valence-electron chi connectivity index (χ0n) is 10.7. The van der Waals surface area contributed by atoms with E-state index in [1.54, 1.807) is 0 Å². The van der Waals surface area contributed by atoms with Crippen molar-refractivity contribution in [3.8, 4) is 11.1 Å². The molecule has 0 radical (unpaired) electrons. The molecule has 0 N–H and O–H groups in total. The Bertz CT molecular complexity index is 666. The molecular formula is C16H16N2. The third-order valence-electron chi connectivity index (χ3n) is 3.21. The van der Waals surface area contributed by atoms with E-state index in [9.17, 15) is 0 Å². The maximum absolute atomic E-state index is 2.24. The third kappa shape index (κ3) is 1.76. The van der Waals surface area contributed by atoms with Gasteiger partial charge < -0.3 is 5.01 Å². The Morgan fingerprint density at radius 1 is 0.833 bits per heavy atom. The van der Waals surface area contributed by atoms with Gasteiger partial charge in [0.15, 0.2) is 0 Å². The zero-order chi connectivity index (χ0) is 12.5. The number of benzene rings is 2. The van der Waals surface area contributed by atoms with E-state index in [2.05, 4.69) is 78.5 Å². The molecule has 0 aliphatic carbocycles. The largest absolute Gasteiger partial charge is 0.319 e. The molecule has 0 amide bonds. The Morgan fingerprint density at radius 3 is 2.33 bits per heavy atom. The van der Waals surface area contributed by atoms with Crippen molar-refractivity contribution >= 4 is 10.9 Å². The topological polar surface area (TPSA) is 8.17 Å². The second-order valence-electron chi connectivity index (χ2n) is 4.65. The standard InChI is InChI=1S/C16H16N2/c1-17(2)18-11-10-14-8-9-15(12-16(14)18)13-6-4-3-5-7-13/h3-12H,1-2H3. The van der Waals surface area contributed by atoms with Crippen molar-refractivity contribution in [1.82, 2.24) is 4.68 Å². The average molecular weight is 236 g/mol. The van der Waals surface area contributed by atoms with Crippen LogP contribution in [0.4, 0.5) is 0 Å². The van der Waals surface area contributed by atoms with Gasteiger partial charge in [-0.05, 0) is 23.3 Å². The van der Waals surface area contributed by atoms with Gasteiger partial charge in [0.2, 0.25) is 0 Å². The Kier molecular flexibility index (Phi) is 2.56. The SMILES string of the molecule is CN(C)n1ccc2ccc(-c3ccccc3)cc21. The van der Waals surface area contributed by atoms with Crippen molar-refractivity contribution in [2.45, 2.75) is 0 Å². The van der Waals surface area contributed by atoms with E-state index in [1.807, 2.05) is 6.07 Å². The molecule has 2 nitrogen and oxygen atoms in total. The van der Waals surface area contributed by atoms with E-state index in [4.69, 9.17) is 0 Å². The maximum atomic E-state index is 2.24. The van der Waals surface area contributed by atoms with Gasteiger partial charge in [-0.2, -0.15) is 0 Å². The summed E-state index contributed by atoms with van der Waals surface area (Å²) in [4.78, 5) is 0. The molecule has 0 saturated carbocycles. The van der Waals surface area contributed by atoms with E-state index in [-0.39, 0.29) is 0 Å². The Hall–Kier alpha value is -2.22. The van der Waals surface area contributed by atoms with Crippen LogP contribution in [0.15, 0.2) is 60.8 Å². The van der Waals surface area contributed by atoms with Crippen molar-refractivity contribution in [2.75, 3.05) is 19.1 Å². The lowest BCUT2D eigenvalue weighted by atomic mass is 10.0. The fourth-order valence-corrected chi connectivity index (χ4v) is 2.27. The number of nitrogens with zero attached hydrogens (tertiary/aromatic N) is 2. The van der Waals surface area contributed by atoms with Gasteiger partial charge in [-0.25, -0.2) is 0 Å². The molecule has 2 heteroatoms. The van der Waals surface area contributed by atoms with Crippen LogP contribution in [0.5, 0.6) is 0 Å². The van der Waals surface area contributed by atoms with Gasteiger partial charge >= 0.3 is 0 Å². The van der Waals surface area contributed by atoms with E-state index in [0.717, 1.165) is 0 Å². The molecular weight excluding hydrogens is 220 g/mol. The van der Waals surface area contributed by atoms with Gasteiger partial charge in [0, 0.05) is 25.7 Å². The number of rotatable bonds is 2. The molecule has 0 saturated heterocycles. The summed E-state index contributed by atoms with van der Waals surface area (Å²) in [5.41, 5.74) is 3.75. The zero-order valence-corrected chi connectivity index (χ0v) is 10.7. The van der Waals surface area contributed by atoms with Crippen molar-refractivity contribution in [1.29, 1.82) is 0 Å². The fraction of sp³-hybridized carbons (Fsp3) is 0.125. The molecule has 18 heavy (non-hydrogen) atoms. The molecule has 1 aromatic heterocycles. The van der Waals surface area contributed by atoms with Gasteiger partial charge in [0.25, 0.3) is 0 Å². The van der Waals surface area contributed by atoms with E-state index in [1.165, 1.54) is 22.0 Å². The summed E-state index contributed by atoms with van der Waals surface area (Å²) in [7, 11) is 4.10. The lowest BCUT2D eigenvalue weighted by Crippen LogP contribution is -2.23. The Balaban J connectivity index is 2.18. The Labute approximate surface area is 107 Å². The van der Waals surface area contributed by atoms with Crippen LogP contribution in [0.1, 0.15) is 0 Å². The molecule has 3 aromatic rings. The molecule has 0 bridgehead atoms. The minimum Gasteiger partial charge on any atom is -0.319 e. The summed E-state index contributed by atoms with van der Waals surface area (Å²) < 4.78 is 2.15. The predicted octanol–water partition coefficient (Wildman–Crippen LogP) is 3.51. The first-order valence-electron chi connectivity index (χ1n) is 6.10. The smallest absolute Gasteiger partial charge is 0.0700 e. The number of aromatic nitrogens is 1. The normalized spacial score (nSPS) is 10.8. The predicted molar refractivity (Wildman–Crippen MR) is 77.4 cm³/mol. The summed E-state index contributed by atoms with van der Waals surface area (Å²) in [6.45, 7) is 0. The van der Waals surface area contributed by atoms with Gasteiger partial charge in [0.1, 0.15) is 0 Å². The maximum Gasteiger partial charge on any atom is 0.0700 e. The molecule has 0 fully saturated rings. The minimum atomic E-state index is 1.24. The number of hydrogen-bond donors (Lipinski definition) is 0. The van der Waals surface area contributed by atoms with Gasteiger partial charge in [-0.1, -0.05) is 42.5 Å². The minimum absolute atomic E-state index is 1.24. The molecule has 0 aliphatic rings. The van der Waals surface area contributed by atoms with Crippen molar-refractivity contribution in [2.24, 2.45) is 0 Å². The molecule has 1 heterocycles. The molecule has 0 spiro atoms. The van der Waals surface area contributed by atoms with Crippen molar-refractivity contribution in [3.05, 3.63) is 60.8 Å². The second kappa shape index (κ2) is 4.22. The summed E-state index contributed by atoms with van der Waals surface area (Å²) in [6.07, 6.45) is 2.10. The van der Waals surface area contributed by atoms with E-state index in [0.29, 0.717) is 0 Å².